The lowest BCUT2D eigenvalue weighted by atomic mass is 9.77. The van der Waals surface area contributed by atoms with Crippen LogP contribution in [0.4, 0.5) is 5.69 Å². The maximum Gasteiger partial charge on any atom is 0.0553 e. The number of nitrogens with one attached hydrogen (secondary N) is 1. The first-order valence-corrected chi connectivity index (χ1v) is 7.48. The van der Waals surface area contributed by atoms with Gasteiger partial charge in [0.2, 0.25) is 0 Å². The van der Waals surface area contributed by atoms with Gasteiger partial charge in [-0.3, -0.25) is 0 Å². The fourth-order valence-corrected chi connectivity index (χ4v) is 3.74. The van der Waals surface area contributed by atoms with Crippen LogP contribution in [0.2, 0.25) is 5.02 Å². The Bertz CT molecular complexity index is 662. The molecule has 4 rings (SSSR count). The largest absolute Gasteiger partial charge is 0.378 e. The number of fused-ring (bicyclic) bond motifs is 3. The molecule has 1 aliphatic heterocycles. The Morgan fingerprint density at radius 3 is 2.75 bits per heavy atom. The van der Waals surface area contributed by atoms with E-state index >= 15 is 0 Å². The van der Waals surface area contributed by atoms with Crippen LogP contribution in [-0.4, -0.2) is 0 Å². The predicted octanol–water partition coefficient (Wildman–Crippen LogP) is 5.17. The molecule has 0 bridgehead atoms. The van der Waals surface area contributed by atoms with Gasteiger partial charge in [-0.25, -0.2) is 0 Å². The molecule has 3 atom stereocenters. The van der Waals surface area contributed by atoms with Gasteiger partial charge in [-0.05, 0) is 41.7 Å². The lowest BCUT2D eigenvalue weighted by Gasteiger charge is -2.37. The average molecular weight is 282 g/mol. The van der Waals surface area contributed by atoms with Crippen LogP contribution in [0.15, 0.2) is 60.7 Å². The predicted molar refractivity (Wildman–Crippen MR) is 84.2 cm³/mol. The number of allylic oxidation sites excluding steroid dienone is 2. The highest BCUT2D eigenvalue weighted by molar-refractivity contribution is 6.30. The van der Waals surface area contributed by atoms with Crippen LogP contribution in [0.1, 0.15) is 29.5 Å². The van der Waals surface area contributed by atoms with Crippen molar-refractivity contribution in [1.82, 2.24) is 0 Å². The van der Waals surface area contributed by atoms with Gasteiger partial charge in [0.15, 0.2) is 0 Å². The average Bonchev–Trinajstić information content (AvgIpc) is 2.97. The molecule has 1 N–H and O–H groups in total. The van der Waals surface area contributed by atoms with E-state index in [4.69, 9.17) is 11.6 Å². The molecule has 0 saturated carbocycles. The normalized spacial score (nSPS) is 26.8. The van der Waals surface area contributed by atoms with Crippen LogP contribution in [0.25, 0.3) is 0 Å². The zero-order valence-electron chi connectivity index (χ0n) is 11.1. The van der Waals surface area contributed by atoms with Gasteiger partial charge in [0.1, 0.15) is 0 Å². The van der Waals surface area contributed by atoms with E-state index in [1.807, 2.05) is 6.07 Å². The number of anilines is 1. The minimum Gasteiger partial charge on any atom is -0.378 e. The topological polar surface area (TPSA) is 12.0 Å². The monoisotopic (exact) mass is 281 g/mol. The van der Waals surface area contributed by atoms with Crippen LogP contribution in [0.5, 0.6) is 0 Å². The van der Waals surface area contributed by atoms with Crippen LogP contribution in [0.3, 0.4) is 0 Å². The third kappa shape index (κ3) is 1.85. The van der Waals surface area contributed by atoms with E-state index in [2.05, 4.69) is 59.9 Å². The fraction of sp³-hybridized carbons (Fsp3) is 0.222. The molecule has 0 spiro atoms. The van der Waals surface area contributed by atoms with Gasteiger partial charge in [0.25, 0.3) is 0 Å². The summed E-state index contributed by atoms with van der Waals surface area (Å²) in [5.41, 5.74) is 3.92. The van der Waals surface area contributed by atoms with Crippen molar-refractivity contribution in [2.24, 2.45) is 5.92 Å². The first-order chi connectivity index (χ1) is 9.83. The molecule has 1 nitrogen and oxygen atoms in total. The SMILES string of the molecule is Clc1ccc2c(c1)[C@@H]1C=CC[C@@H]1[C@@H](c1ccccc1)N2. The van der Waals surface area contributed by atoms with Gasteiger partial charge in [-0.2, -0.15) is 0 Å². The summed E-state index contributed by atoms with van der Waals surface area (Å²) in [4.78, 5) is 0. The highest BCUT2D eigenvalue weighted by Gasteiger charge is 2.37. The van der Waals surface area contributed by atoms with Crippen molar-refractivity contribution in [2.75, 3.05) is 5.32 Å². The summed E-state index contributed by atoms with van der Waals surface area (Å²) >= 11 is 6.17. The highest BCUT2D eigenvalue weighted by Crippen LogP contribution is 2.50. The molecule has 100 valence electrons. The summed E-state index contributed by atoms with van der Waals surface area (Å²) < 4.78 is 0. The van der Waals surface area contributed by atoms with E-state index in [1.165, 1.54) is 16.8 Å². The number of hydrogen-bond donors (Lipinski definition) is 1. The minimum atomic E-state index is 0.380. The summed E-state index contributed by atoms with van der Waals surface area (Å²) in [6.45, 7) is 0. The molecular formula is C18H16ClN. The molecular weight excluding hydrogens is 266 g/mol. The molecule has 0 unspecified atom stereocenters. The van der Waals surface area contributed by atoms with Crippen molar-refractivity contribution in [1.29, 1.82) is 0 Å². The number of benzene rings is 2. The van der Waals surface area contributed by atoms with E-state index in [-0.39, 0.29) is 0 Å². The standard InChI is InChI=1S/C18H16ClN/c19-13-9-10-17-16(11-13)14-7-4-8-15(14)18(20-17)12-5-2-1-3-6-12/h1-7,9-11,14-15,18,20H,8H2/t14-,15+,18-/m1/s1. The van der Waals surface area contributed by atoms with E-state index in [0.717, 1.165) is 11.4 Å². The zero-order valence-corrected chi connectivity index (χ0v) is 11.8. The van der Waals surface area contributed by atoms with Crippen molar-refractivity contribution in [3.8, 4) is 0 Å². The maximum absolute atomic E-state index is 6.17. The Kier molecular flexibility index (Phi) is 2.82. The van der Waals surface area contributed by atoms with E-state index in [1.54, 1.807) is 0 Å². The first kappa shape index (κ1) is 12.0. The summed E-state index contributed by atoms with van der Waals surface area (Å²) in [5, 5.41) is 4.54. The van der Waals surface area contributed by atoms with Crippen molar-refractivity contribution >= 4 is 17.3 Å². The Balaban J connectivity index is 1.80. The van der Waals surface area contributed by atoms with Crippen molar-refractivity contribution in [2.45, 2.75) is 18.4 Å². The van der Waals surface area contributed by atoms with Crippen molar-refractivity contribution in [3.05, 3.63) is 76.8 Å². The van der Waals surface area contributed by atoms with Crippen LogP contribution >= 0.6 is 11.6 Å². The zero-order chi connectivity index (χ0) is 13.5. The molecule has 0 amide bonds. The van der Waals surface area contributed by atoms with Crippen LogP contribution in [0, 0.1) is 5.92 Å². The number of hydrogen-bond acceptors (Lipinski definition) is 1. The molecule has 2 aliphatic rings. The smallest absolute Gasteiger partial charge is 0.0553 e. The second-order valence-electron chi connectivity index (χ2n) is 5.62. The van der Waals surface area contributed by atoms with Crippen LogP contribution < -0.4 is 5.32 Å². The van der Waals surface area contributed by atoms with Crippen molar-refractivity contribution in [3.63, 3.8) is 0 Å². The molecule has 2 aromatic rings. The van der Waals surface area contributed by atoms with Gasteiger partial charge in [0.05, 0.1) is 6.04 Å². The van der Waals surface area contributed by atoms with Gasteiger partial charge in [-0.1, -0.05) is 54.1 Å². The molecule has 2 heteroatoms. The second kappa shape index (κ2) is 4.68. The number of rotatable bonds is 1. The molecule has 0 radical (unpaired) electrons. The first-order valence-electron chi connectivity index (χ1n) is 7.10. The molecule has 1 heterocycles. The Morgan fingerprint density at radius 1 is 1.05 bits per heavy atom. The lowest BCUT2D eigenvalue weighted by Crippen LogP contribution is -2.28. The van der Waals surface area contributed by atoms with E-state index in [9.17, 15) is 0 Å². The Morgan fingerprint density at radius 2 is 1.90 bits per heavy atom. The second-order valence-corrected chi connectivity index (χ2v) is 6.05. The van der Waals surface area contributed by atoms with Gasteiger partial charge >= 0.3 is 0 Å². The Labute approximate surface area is 124 Å². The molecule has 2 aromatic carbocycles. The summed E-state index contributed by atoms with van der Waals surface area (Å²) in [5.74, 6) is 1.07. The van der Waals surface area contributed by atoms with Gasteiger partial charge in [-0.15, -0.1) is 0 Å². The van der Waals surface area contributed by atoms with Crippen molar-refractivity contribution < 1.29 is 0 Å². The van der Waals surface area contributed by atoms with Gasteiger partial charge in [0, 0.05) is 16.6 Å². The van der Waals surface area contributed by atoms with Crippen LogP contribution in [-0.2, 0) is 0 Å². The highest BCUT2D eigenvalue weighted by atomic mass is 35.5. The van der Waals surface area contributed by atoms with Gasteiger partial charge < -0.3 is 5.32 Å². The summed E-state index contributed by atoms with van der Waals surface area (Å²) in [6.07, 6.45) is 5.78. The third-order valence-corrected chi connectivity index (χ3v) is 4.72. The Hall–Kier alpha value is -1.73. The third-order valence-electron chi connectivity index (χ3n) is 4.48. The quantitative estimate of drug-likeness (QED) is 0.711. The molecule has 0 fully saturated rings. The maximum atomic E-state index is 6.17. The molecule has 0 aromatic heterocycles. The molecule has 20 heavy (non-hydrogen) atoms. The lowest BCUT2D eigenvalue weighted by molar-refractivity contribution is 0.425. The van der Waals surface area contributed by atoms with E-state index < -0.39 is 0 Å². The van der Waals surface area contributed by atoms with E-state index in [0.29, 0.717) is 17.9 Å². The number of halogens is 1. The summed E-state index contributed by atoms with van der Waals surface area (Å²) in [7, 11) is 0. The molecule has 1 aliphatic carbocycles. The molecule has 0 saturated heterocycles. The summed E-state index contributed by atoms with van der Waals surface area (Å²) in [6, 6.07) is 17.3. The fourth-order valence-electron chi connectivity index (χ4n) is 3.56. The minimum absolute atomic E-state index is 0.380.